The van der Waals surface area contributed by atoms with Gasteiger partial charge in [-0.05, 0) is 46.6 Å². The van der Waals surface area contributed by atoms with Crippen LogP contribution in [0.3, 0.4) is 0 Å². The fourth-order valence-electron chi connectivity index (χ4n) is 2.45. The van der Waals surface area contributed by atoms with E-state index in [-0.39, 0.29) is 5.98 Å². The lowest BCUT2D eigenvalue weighted by Gasteiger charge is -2.21. The summed E-state index contributed by atoms with van der Waals surface area (Å²) in [7, 11) is 0. The van der Waals surface area contributed by atoms with Gasteiger partial charge in [0.1, 0.15) is 0 Å². The van der Waals surface area contributed by atoms with Crippen molar-refractivity contribution >= 4 is 32.7 Å². The highest BCUT2D eigenvalue weighted by atomic mass is 79.9. The van der Waals surface area contributed by atoms with Crippen molar-refractivity contribution in [2.75, 3.05) is 0 Å². The fourth-order valence-corrected chi connectivity index (χ4v) is 5.72. The Morgan fingerprint density at radius 3 is 2.40 bits per heavy atom. The third-order valence-corrected chi connectivity index (χ3v) is 6.42. The molecule has 1 unspecified atom stereocenters. The quantitative estimate of drug-likeness (QED) is 0.606. The molecule has 2 rings (SSSR count). The van der Waals surface area contributed by atoms with Gasteiger partial charge in [0.15, 0.2) is 0 Å². The molecule has 3 heteroatoms. The van der Waals surface area contributed by atoms with Gasteiger partial charge in [-0.3, -0.25) is 0 Å². The molecule has 2 saturated carbocycles. The van der Waals surface area contributed by atoms with Gasteiger partial charge < -0.3 is 0 Å². The molecule has 0 N–H and O–H groups in total. The smallest absolute Gasteiger partial charge is 0.0634 e. The first-order valence-corrected chi connectivity index (χ1v) is 8.21. The molecule has 0 nitrogen and oxygen atoms in total. The molecule has 0 radical (unpaired) electrons. The zero-order valence-corrected chi connectivity index (χ0v) is 9.00. The van der Waals surface area contributed by atoms with Crippen LogP contribution in [0.1, 0.15) is 25.7 Å². The van der Waals surface area contributed by atoms with Crippen LogP contribution in [0.2, 0.25) is 0 Å². The predicted molar refractivity (Wildman–Crippen MR) is 50.9 cm³/mol. The van der Waals surface area contributed by atoms with Crippen LogP contribution in [0.25, 0.3) is 0 Å². The fraction of sp³-hybridized carbons (Fsp3) is 1.00. The minimum atomic E-state index is -0.332. The highest BCUT2D eigenvalue weighted by molar-refractivity contribution is 9.41. The largest absolute Gasteiger partial charge is 0.0832 e. The van der Waals surface area contributed by atoms with E-state index >= 15 is 0 Å². The second kappa shape index (κ2) is 2.92. The SMILES string of the molecule is ClP(Br)[C@@H]1C[C@H]2CC[C@@H]1C2. The maximum Gasteiger partial charge on any atom is 0.0634 e. The van der Waals surface area contributed by atoms with Gasteiger partial charge in [-0.15, -0.1) is 0 Å². The number of fused-ring (bicyclic) bond motifs is 2. The van der Waals surface area contributed by atoms with Crippen LogP contribution >= 0.6 is 32.7 Å². The molecule has 0 aromatic carbocycles. The van der Waals surface area contributed by atoms with Crippen molar-refractivity contribution in [3.63, 3.8) is 0 Å². The van der Waals surface area contributed by atoms with Crippen LogP contribution in [0.15, 0.2) is 0 Å². The summed E-state index contributed by atoms with van der Waals surface area (Å²) in [5.74, 6) is 1.69. The molecule has 2 fully saturated rings. The molecule has 0 saturated heterocycles. The molecule has 0 aromatic heterocycles. The summed E-state index contributed by atoms with van der Waals surface area (Å²) in [4.78, 5) is 0. The average Bonchev–Trinajstić information content (AvgIpc) is 2.44. The van der Waals surface area contributed by atoms with Gasteiger partial charge in [-0.2, -0.15) is 0 Å². The second-order valence-electron chi connectivity index (χ2n) is 3.50. The van der Waals surface area contributed by atoms with Crippen molar-refractivity contribution in [1.82, 2.24) is 0 Å². The molecule has 2 aliphatic rings. The Labute approximate surface area is 76.0 Å². The molecular weight excluding hydrogens is 230 g/mol. The normalized spacial score (nSPS) is 48.0. The Morgan fingerprint density at radius 1 is 1.30 bits per heavy atom. The molecule has 0 aliphatic heterocycles. The Kier molecular flexibility index (Phi) is 2.28. The van der Waals surface area contributed by atoms with Crippen LogP contribution in [0.4, 0.5) is 0 Å². The van der Waals surface area contributed by atoms with Crippen LogP contribution in [-0.4, -0.2) is 5.66 Å². The van der Waals surface area contributed by atoms with Crippen molar-refractivity contribution in [2.45, 2.75) is 31.3 Å². The molecule has 58 valence electrons. The van der Waals surface area contributed by atoms with Gasteiger partial charge in [0.2, 0.25) is 0 Å². The van der Waals surface area contributed by atoms with E-state index in [1.165, 1.54) is 25.7 Å². The number of rotatable bonds is 1. The van der Waals surface area contributed by atoms with E-state index in [0.29, 0.717) is 0 Å². The summed E-state index contributed by atoms with van der Waals surface area (Å²) in [6, 6.07) is 0. The molecule has 2 bridgehead atoms. The Hall–Kier alpha value is 1.20. The Bertz CT molecular complexity index is 140. The lowest BCUT2D eigenvalue weighted by molar-refractivity contribution is 0.491. The van der Waals surface area contributed by atoms with Crippen molar-refractivity contribution in [3.05, 3.63) is 0 Å². The van der Waals surface area contributed by atoms with Crippen molar-refractivity contribution in [3.8, 4) is 0 Å². The molecule has 0 amide bonds. The molecule has 0 heterocycles. The Balaban J connectivity index is 2.02. The molecule has 0 aromatic rings. The summed E-state index contributed by atoms with van der Waals surface area (Å²) in [5, 5.41) is 0. The lowest BCUT2D eigenvalue weighted by atomic mass is 10.0. The van der Waals surface area contributed by atoms with E-state index in [0.717, 1.165) is 17.5 Å². The highest BCUT2D eigenvalue weighted by Gasteiger charge is 2.42. The zero-order valence-electron chi connectivity index (χ0n) is 5.76. The van der Waals surface area contributed by atoms with E-state index in [9.17, 15) is 0 Å². The van der Waals surface area contributed by atoms with Crippen LogP contribution < -0.4 is 0 Å². The summed E-state index contributed by atoms with van der Waals surface area (Å²) in [5.41, 5.74) is 0.843. The van der Waals surface area contributed by atoms with Crippen LogP contribution in [-0.2, 0) is 0 Å². The summed E-state index contributed by atoms with van der Waals surface area (Å²) >= 11 is 9.59. The van der Waals surface area contributed by atoms with Gasteiger partial charge >= 0.3 is 0 Å². The van der Waals surface area contributed by atoms with E-state index < -0.39 is 0 Å². The van der Waals surface area contributed by atoms with E-state index in [2.05, 4.69) is 15.5 Å². The van der Waals surface area contributed by atoms with Gasteiger partial charge in [0.05, 0.1) is 5.98 Å². The third-order valence-electron chi connectivity index (χ3n) is 2.95. The van der Waals surface area contributed by atoms with E-state index in [1.807, 2.05) is 0 Å². The maximum atomic E-state index is 6.06. The first-order chi connectivity index (χ1) is 4.77. The number of hydrogen-bond donors (Lipinski definition) is 0. The van der Waals surface area contributed by atoms with Gasteiger partial charge in [-0.25, -0.2) is 0 Å². The van der Waals surface area contributed by atoms with Crippen molar-refractivity contribution < 1.29 is 0 Å². The van der Waals surface area contributed by atoms with Crippen LogP contribution in [0, 0.1) is 11.8 Å². The molecule has 0 spiro atoms. The molecule has 2 aliphatic carbocycles. The second-order valence-corrected chi connectivity index (χ2v) is 9.29. The van der Waals surface area contributed by atoms with Gasteiger partial charge in [-0.1, -0.05) is 17.7 Å². The third kappa shape index (κ3) is 1.26. The van der Waals surface area contributed by atoms with E-state index in [1.54, 1.807) is 0 Å². The number of hydrogen-bond acceptors (Lipinski definition) is 0. The topological polar surface area (TPSA) is 0 Å². The molecule has 10 heavy (non-hydrogen) atoms. The van der Waals surface area contributed by atoms with Crippen molar-refractivity contribution in [2.24, 2.45) is 11.8 Å². The standard InChI is InChI=1S/C7H11BrClP/c8-10(9)7-4-5-1-2-6(7)3-5/h5-7H,1-4H2/t5-,6+,7+,10?/m0/s1. The molecular formula is C7H11BrClP. The van der Waals surface area contributed by atoms with Crippen LogP contribution in [0.5, 0.6) is 0 Å². The Morgan fingerprint density at radius 2 is 2.10 bits per heavy atom. The first kappa shape index (κ1) is 7.83. The van der Waals surface area contributed by atoms with Gasteiger partial charge in [0.25, 0.3) is 0 Å². The maximum absolute atomic E-state index is 6.06. The monoisotopic (exact) mass is 240 g/mol. The van der Waals surface area contributed by atoms with Crippen molar-refractivity contribution in [1.29, 1.82) is 0 Å². The predicted octanol–water partition coefficient (Wildman–Crippen LogP) is 4.12. The average molecular weight is 241 g/mol. The summed E-state index contributed by atoms with van der Waals surface area (Å²) < 4.78 is 0. The first-order valence-electron chi connectivity index (χ1n) is 3.88. The zero-order chi connectivity index (χ0) is 7.14. The summed E-state index contributed by atoms with van der Waals surface area (Å²) in [6.07, 6.45) is 5.81. The number of halogens is 2. The minimum absolute atomic E-state index is 0.332. The minimum Gasteiger partial charge on any atom is -0.0832 e. The molecule has 4 atom stereocenters. The van der Waals surface area contributed by atoms with E-state index in [4.69, 9.17) is 11.2 Å². The highest BCUT2D eigenvalue weighted by Crippen LogP contribution is 2.65. The lowest BCUT2D eigenvalue weighted by Crippen LogP contribution is -2.10. The van der Waals surface area contributed by atoms with Gasteiger partial charge in [0, 0.05) is 5.66 Å². The summed E-state index contributed by atoms with van der Waals surface area (Å²) in [6.45, 7) is 0.